The first-order chi connectivity index (χ1) is 10.6. The van der Waals surface area contributed by atoms with E-state index in [0.717, 1.165) is 11.1 Å². The van der Waals surface area contributed by atoms with Gasteiger partial charge in [-0.1, -0.05) is 48.5 Å². The molecule has 112 valence electrons. The molecule has 0 bridgehead atoms. The molecule has 0 aromatic heterocycles. The molecule has 2 aromatic carbocycles. The van der Waals surface area contributed by atoms with Crippen molar-refractivity contribution in [2.24, 2.45) is 0 Å². The predicted octanol–water partition coefficient (Wildman–Crippen LogP) is 2.99. The molecule has 1 aliphatic rings. The minimum Gasteiger partial charge on any atom is -0.480 e. The molecule has 0 spiro atoms. The number of rotatable bonds is 4. The molecule has 22 heavy (non-hydrogen) atoms. The van der Waals surface area contributed by atoms with Gasteiger partial charge in [-0.2, -0.15) is 0 Å². The third-order valence-electron chi connectivity index (χ3n) is 4.14. The number of carboxylic acids is 1. The van der Waals surface area contributed by atoms with E-state index < -0.39 is 17.4 Å². The Morgan fingerprint density at radius 1 is 1.00 bits per heavy atom. The van der Waals surface area contributed by atoms with Crippen LogP contribution in [0.5, 0.6) is 0 Å². The third kappa shape index (κ3) is 1.91. The molecule has 0 atom stereocenters. The predicted molar refractivity (Wildman–Crippen MR) is 81.5 cm³/mol. The summed E-state index contributed by atoms with van der Waals surface area (Å²) in [6.45, 7) is 1.94. The van der Waals surface area contributed by atoms with Gasteiger partial charge in [0.15, 0.2) is 0 Å². The van der Waals surface area contributed by atoms with Crippen LogP contribution in [-0.4, -0.2) is 23.7 Å². The number of esters is 1. The van der Waals surface area contributed by atoms with Crippen LogP contribution in [0.2, 0.25) is 0 Å². The van der Waals surface area contributed by atoms with E-state index >= 15 is 0 Å². The highest BCUT2D eigenvalue weighted by Gasteiger charge is 2.51. The van der Waals surface area contributed by atoms with E-state index in [9.17, 15) is 14.7 Å². The van der Waals surface area contributed by atoms with E-state index in [0.29, 0.717) is 11.1 Å². The first-order valence-electron chi connectivity index (χ1n) is 7.19. The van der Waals surface area contributed by atoms with Gasteiger partial charge in [-0.05, 0) is 29.2 Å². The van der Waals surface area contributed by atoms with Crippen LogP contribution in [0.25, 0.3) is 11.1 Å². The maximum absolute atomic E-state index is 12.2. The average molecular weight is 296 g/mol. The number of fused-ring (bicyclic) bond motifs is 3. The Morgan fingerprint density at radius 2 is 1.50 bits per heavy atom. The first kappa shape index (κ1) is 14.3. The number of benzene rings is 2. The van der Waals surface area contributed by atoms with E-state index in [1.165, 1.54) is 0 Å². The standard InChI is InChI=1S/C18H16O4/c1-2-22-16(19)11-18(17(20)21)14-9-5-3-7-12(14)13-8-4-6-10-15(13)18/h3-10H,2,11H2,1H3,(H,20,21). The largest absolute Gasteiger partial charge is 0.480 e. The van der Waals surface area contributed by atoms with Crippen molar-refractivity contribution in [1.29, 1.82) is 0 Å². The van der Waals surface area contributed by atoms with Crippen molar-refractivity contribution in [1.82, 2.24) is 0 Å². The molecule has 0 fully saturated rings. The van der Waals surface area contributed by atoms with Gasteiger partial charge in [0.2, 0.25) is 0 Å². The number of carbonyl (C=O) groups excluding carboxylic acids is 1. The van der Waals surface area contributed by atoms with Crippen molar-refractivity contribution in [3.8, 4) is 11.1 Å². The van der Waals surface area contributed by atoms with Crippen molar-refractivity contribution in [2.45, 2.75) is 18.8 Å². The zero-order valence-corrected chi connectivity index (χ0v) is 12.2. The summed E-state index contributed by atoms with van der Waals surface area (Å²) >= 11 is 0. The van der Waals surface area contributed by atoms with E-state index in [1.807, 2.05) is 24.3 Å². The van der Waals surface area contributed by atoms with Gasteiger partial charge in [0.1, 0.15) is 5.41 Å². The lowest BCUT2D eigenvalue weighted by Crippen LogP contribution is -2.38. The minimum absolute atomic E-state index is 0.204. The number of hydrogen-bond donors (Lipinski definition) is 1. The summed E-state index contributed by atoms with van der Waals surface area (Å²) in [5, 5.41) is 9.97. The molecule has 0 saturated heterocycles. The van der Waals surface area contributed by atoms with Gasteiger partial charge in [-0.15, -0.1) is 0 Å². The molecule has 0 saturated carbocycles. The maximum atomic E-state index is 12.2. The highest BCUT2D eigenvalue weighted by Crippen LogP contribution is 2.50. The van der Waals surface area contributed by atoms with Gasteiger partial charge in [-0.3, -0.25) is 9.59 Å². The van der Waals surface area contributed by atoms with Crippen molar-refractivity contribution in [3.05, 3.63) is 59.7 Å². The molecule has 0 amide bonds. The smallest absolute Gasteiger partial charge is 0.319 e. The van der Waals surface area contributed by atoms with E-state index in [2.05, 4.69) is 0 Å². The number of carbonyl (C=O) groups is 2. The normalized spacial score (nSPS) is 14.0. The fraction of sp³-hybridized carbons (Fsp3) is 0.222. The van der Waals surface area contributed by atoms with Gasteiger partial charge in [-0.25, -0.2) is 0 Å². The summed E-state index contributed by atoms with van der Waals surface area (Å²) in [6.07, 6.45) is -0.204. The van der Waals surface area contributed by atoms with E-state index in [4.69, 9.17) is 4.74 Å². The summed E-state index contributed by atoms with van der Waals surface area (Å²) < 4.78 is 5.01. The summed E-state index contributed by atoms with van der Waals surface area (Å²) in [7, 11) is 0. The molecule has 4 nitrogen and oxygen atoms in total. The fourth-order valence-electron chi connectivity index (χ4n) is 3.25. The SMILES string of the molecule is CCOC(=O)CC1(C(=O)O)c2ccccc2-c2ccccc21. The molecule has 3 rings (SSSR count). The molecule has 4 heteroatoms. The van der Waals surface area contributed by atoms with Gasteiger partial charge >= 0.3 is 11.9 Å². The molecular weight excluding hydrogens is 280 g/mol. The average Bonchev–Trinajstić information content (AvgIpc) is 2.80. The zero-order chi connectivity index (χ0) is 15.7. The Kier molecular flexibility index (Phi) is 3.45. The van der Waals surface area contributed by atoms with Gasteiger partial charge < -0.3 is 9.84 Å². The van der Waals surface area contributed by atoms with Crippen LogP contribution >= 0.6 is 0 Å². The molecule has 0 aliphatic heterocycles. The highest BCUT2D eigenvalue weighted by atomic mass is 16.5. The molecule has 2 aromatic rings. The Balaban J connectivity index is 2.25. The molecule has 0 radical (unpaired) electrons. The lowest BCUT2D eigenvalue weighted by Gasteiger charge is -2.26. The molecule has 1 aliphatic carbocycles. The Morgan fingerprint density at radius 3 is 1.95 bits per heavy atom. The second-order valence-electron chi connectivity index (χ2n) is 5.28. The van der Waals surface area contributed by atoms with Crippen LogP contribution in [0, 0.1) is 0 Å². The summed E-state index contributed by atoms with van der Waals surface area (Å²) in [5.41, 5.74) is 1.66. The number of hydrogen-bond acceptors (Lipinski definition) is 3. The first-order valence-corrected chi connectivity index (χ1v) is 7.19. The molecule has 1 N–H and O–H groups in total. The van der Waals surface area contributed by atoms with Gasteiger partial charge in [0, 0.05) is 0 Å². The van der Waals surface area contributed by atoms with Crippen LogP contribution in [0.15, 0.2) is 48.5 Å². The van der Waals surface area contributed by atoms with Crippen molar-refractivity contribution >= 4 is 11.9 Å². The fourth-order valence-corrected chi connectivity index (χ4v) is 3.25. The van der Waals surface area contributed by atoms with Crippen LogP contribution in [0.1, 0.15) is 24.5 Å². The van der Waals surface area contributed by atoms with Gasteiger partial charge in [0.05, 0.1) is 13.0 Å². The number of carboxylic acid groups (broad SMARTS) is 1. The molecule has 0 unspecified atom stereocenters. The number of aliphatic carboxylic acids is 1. The van der Waals surface area contributed by atoms with Gasteiger partial charge in [0.25, 0.3) is 0 Å². The quantitative estimate of drug-likeness (QED) is 0.881. The Labute approximate surface area is 128 Å². The number of ether oxygens (including phenoxy) is 1. The van der Waals surface area contributed by atoms with Crippen molar-refractivity contribution in [2.75, 3.05) is 6.61 Å². The van der Waals surface area contributed by atoms with Crippen LogP contribution < -0.4 is 0 Å². The maximum Gasteiger partial charge on any atom is 0.319 e. The lowest BCUT2D eigenvalue weighted by atomic mass is 9.75. The second kappa shape index (κ2) is 5.30. The third-order valence-corrected chi connectivity index (χ3v) is 4.14. The Bertz CT molecular complexity index is 703. The van der Waals surface area contributed by atoms with Crippen molar-refractivity contribution in [3.63, 3.8) is 0 Å². The lowest BCUT2D eigenvalue weighted by molar-refractivity contribution is -0.151. The minimum atomic E-state index is -1.38. The topological polar surface area (TPSA) is 63.6 Å². The van der Waals surface area contributed by atoms with Crippen LogP contribution in [0.4, 0.5) is 0 Å². The summed E-state index contributed by atoms with van der Waals surface area (Å²) in [4.78, 5) is 24.2. The van der Waals surface area contributed by atoms with E-state index in [1.54, 1.807) is 31.2 Å². The Hall–Kier alpha value is -2.62. The van der Waals surface area contributed by atoms with Crippen LogP contribution in [0.3, 0.4) is 0 Å². The van der Waals surface area contributed by atoms with E-state index in [-0.39, 0.29) is 13.0 Å². The molecule has 0 heterocycles. The highest BCUT2D eigenvalue weighted by molar-refractivity contribution is 6.00. The summed E-state index contributed by atoms with van der Waals surface area (Å²) in [5.74, 6) is -1.53. The monoisotopic (exact) mass is 296 g/mol. The molecular formula is C18H16O4. The summed E-state index contributed by atoms with van der Waals surface area (Å²) in [6, 6.07) is 14.7. The second-order valence-corrected chi connectivity index (χ2v) is 5.28. The van der Waals surface area contributed by atoms with Crippen molar-refractivity contribution < 1.29 is 19.4 Å². The van der Waals surface area contributed by atoms with Crippen LogP contribution in [-0.2, 0) is 19.7 Å². The zero-order valence-electron chi connectivity index (χ0n) is 12.2.